The lowest BCUT2D eigenvalue weighted by Gasteiger charge is -2.30. The van der Waals surface area contributed by atoms with Crippen LogP contribution in [0.25, 0.3) is 10.9 Å². The second-order valence-corrected chi connectivity index (χ2v) is 5.43. The van der Waals surface area contributed by atoms with Crippen molar-refractivity contribution in [1.82, 2.24) is 9.88 Å². The zero-order valence-corrected chi connectivity index (χ0v) is 13.0. The normalized spacial score (nSPS) is 12.9. The number of rotatable bonds is 5. The van der Waals surface area contributed by atoms with Gasteiger partial charge in [0.15, 0.2) is 0 Å². The smallest absolute Gasteiger partial charge is 0.128 e. The van der Waals surface area contributed by atoms with Crippen molar-refractivity contribution < 1.29 is 4.39 Å². The van der Waals surface area contributed by atoms with Gasteiger partial charge in [-0.3, -0.25) is 4.90 Å². The predicted molar refractivity (Wildman–Crippen MR) is 89.5 cm³/mol. The molecule has 3 aromatic rings. The highest BCUT2D eigenvalue weighted by Gasteiger charge is 2.25. The third-order valence-electron chi connectivity index (χ3n) is 4.29. The van der Waals surface area contributed by atoms with Crippen molar-refractivity contribution in [3.63, 3.8) is 0 Å². The summed E-state index contributed by atoms with van der Waals surface area (Å²) in [6.45, 7) is 5.97. The Morgan fingerprint density at radius 3 is 2.36 bits per heavy atom. The Kier molecular flexibility index (Phi) is 4.25. The van der Waals surface area contributed by atoms with Crippen LogP contribution < -0.4 is 0 Å². The van der Waals surface area contributed by atoms with Gasteiger partial charge in [-0.2, -0.15) is 0 Å². The molecule has 0 aliphatic rings. The molecule has 0 amide bonds. The number of H-pyrrole nitrogens is 1. The monoisotopic (exact) mass is 296 g/mol. The van der Waals surface area contributed by atoms with Gasteiger partial charge in [-0.1, -0.05) is 50.2 Å². The Hall–Kier alpha value is -2.13. The molecule has 3 rings (SSSR count). The van der Waals surface area contributed by atoms with Gasteiger partial charge in [0.05, 0.1) is 6.04 Å². The number of fused-ring (bicyclic) bond motifs is 1. The minimum atomic E-state index is -0.148. The summed E-state index contributed by atoms with van der Waals surface area (Å²) in [5.74, 6) is -0.148. The average Bonchev–Trinajstić information content (AvgIpc) is 2.97. The zero-order valence-electron chi connectivity index (χ0n) is 13.0. The Balaban J connectivity index is 2.19. The topological polar surface area (TPSA) is 19.0 Å². The van der Waals surface area contributed by atoms with Gasteiger partial charge < -0.3 is 4.98 Å². The van der Waals surface area contributed by atoms with E-state index in [2.05, 4.69) is 35.9 Å². The molecular weight excluding hydrogens is 275 g/mol. The van der Waals surface area contributed by atoms with E-state index in [0.29, 0.717) is 0 Å². The molecule has 0 fully saturated rings. The molecule has 0 aliphatic heterocycles. The number of nitrogens with one attached hydrogen (secondary N) is 1. The first kappa shape index (κ1) is 14.8. The summed E-state index contributed by atoms with van der Waals surface area (Å²) < 4.78 is 14.4. The van der Waals surface area contributed by atoms with Crippen molar-refractivity contribution in [2.45, 2.75) is 19.9 Å². The summed E-state index contributed by atoms with van der Waals surface area (Å²) in [5.41, 5.74) is 2.95. The maximum Gasteiger partial charge on any atom is 0.128 e. The number of aromatic amines is 1. The van der Waals surface area contributed by atoms with Crippen LogP contribution in [0.15, 0.2) is 54.7 Å². The van der Waals surface area contributed by atoms with E-state index in [1.54, 1.807) is 12.1 Å². The SMILES string of the molecule is CCN(CC)C(c1ccccc1F)c1c[nH]c2ccccc12. The predicted octanol–water partition coefficient (Wildman–Crippen LogP) is 4.74. The number of para-hydroxylation sites is 1. The average molecular weight is 296 g/mol. The molecule has 0 aliphatic carbocycles. The number of aromatic nitrogens is 1. The first-order valence-corrected chi connectivity index (χ1v) is 7.80. The highest BCUT2D eigenvalue weighted by atomic mass is 19.1. The van der Waals surface area contributed by atoms with E-state index in [1.807, 2.05) is 30.5 Å². The lowest BCUT2D eigenvalue weighted by Crippen LogP contribution is -2.29. The van der Waals surface area contributed by atoms with Crippen LogP contribution in [0.5, 0.6) is 0 Å². The summed E-state index contributed by atoms with van der Waals surface area (Å²) in [5, 5.41) is 1.16. The highest BCUT2D eigenvalue weighted by Crippen LogP contribution is 2.34. The van der Waals surface area contributed by atoms with Gasteiger partial charge in [0, 0.05) is 22.7 Å². The Morgan fingerprint density at radius 2 is 1.64 bits per heavy atom. The molecule has 1 aromatic heterocycles. The molecule has 0 spiro atoms. The van der Waals surface area contributed by atoms with E-state index in [-0.39, 0.29) is 11.9 Å². The van der Waals surface area contributed by atoms with Crippen molar-refractivity contribution in [1.29, 1.82) is 0 Å². The van der Waals surface area contributed by atoms with E-state index in [1.165, 1.54) is 0 Å². The minimum absolute atomic E-state index is 0.0765. The Bertz CT molecular complexity index is 759. The molecule has 0 bridgehead atoms. The third kappa shape index (κ3) is 2.53. The second-order valence-electron chi connectivity index (χ2n) is 5.43. The van der Waals surface area contributed by atoms with E-state index < -0.39 is 0 Å². The van der Waals surface area contributed by atoms with Crippen LogP contribution in [0.3, 0.4) is 0 Å². The van der Waals surface area contributed by atoms with Gasteiger partial charge in [0.1, 0.15) is 5.82 Å². The fourth-order valence-corrected chi connectivity index (χ4v) is 3.17. The van der Waals surface area contributed by atoms with Crippen LogP contribution in [0, 0.1) is 5.82 Å². The first-order chi connectivity index (χ1) is 10.8. The fourth-order valence-electron chi connectivity index (χ4n) is 3.17. The molecule has 2 nitrogen and oxygen atoms in total. The quantitative estimate of drug-likeness (QED) is 0.720. The zero-order chi connectivity index (χ0) is 15.5. The van der Waals surface area contributed by atoms with Crippen molar-refractivity contribution in [3.8, 4) is 0 Å². The Morgan fingerprint density at radius 1 is 0.955 bits per heavy atom. The van der Waals surface area contributed by atoms with Gasteiger partial charge in [0.2, 0.25) is 0 Å². The Labute approximate surface area is 130 Å². The highest BCUT2D eigenvalue weighted by molar-refractivity contribution is 5.84. The van der Waals surface area contributed by atoms with Crippen molar-refractivity contribution in [3.05, 3.63) is 71.7 Å². The number of nitrogens with zero attached hydrogens (tertiary/aromatic N) is 1. The van der Waals surface area contributed by atoms with E-state index in [9.17, 15) is 4.39 Å². The van der Waals surface area contributed by atoms with Crippen LogP contribution in [0.4, 0.5) is 4.39 Å². The summed E-state index contributed by atoms with van der Waals surface area (Å²) in [7, 11) is 0. The number of benzene rings is 2. The number of hydrogen-bond acceptors (Lipinski definition) is 1. The maximum absolute atomic E-state index is 14.4. The molecule has 2 aromatic carbocycles. The molecule has 1 heterocycles. The maximum atomic E-state index is 14.4. The minimum Gasteiger partial charge on any atom is -0.361 e. The molecule has 1 unspecified atom stereocenters. The molecule has 114 valence electrons. The third-order valence-corrected chi connectivity index (χ3v) is 4.29. The van der Waals surface area contributed by atoms with Gasteiger partial charge in [-0.15, -0.1) is 0 Å². The molecule has 3 heteroatoms. The van der Waals surface area contributed by atoms with Crippen LogP contribution in [0.1, 0.15) is 31.0 Å². The standard InChI is InChI=1S/C19H21FN2/c1-3-22(4-2)19(15-10-5-7-11-17(15)20)16-13-21-18-12-8-6-9-14(16)18/h5-13,19,21H,3-4H2,1-2H3. The molecule has 1 atom stereocenters. The number of halogens is 1. The molecule has 0 radical (unpaired) electrons. The largest absolute Gasteiger partial charge is 0.361 e. The van der Waals surface area contributed by atoms with Crippen molar-refractivity contribution in [2.24, 2.45) is 0 Å². The molecular formula is C19H21FN2. The van der Waals surface area contributed by atoms with E-state index in [0.717, 1.165) is 35.1 Å². The summed E-state index contributed by atoms with van der Waals surface area (Å²) in [4.78, 5) is 5.60. The van der Waals surface area contributed by atoms with Crippen molar-refractivity contribution >= 4 is 10.9 Å². The summed E-state index contributed by atoms with van der Waals surface area (Å²) >= 11 is 0. The van der Waals surface area contributed by atoms with Crippen LogP contribution in [-0.4, -0.2) is 23.0 Å². The molecule has 1 N–H and O–H groups in total. The van der Waals surface area contributed by atoms with Crippen LogP contribution in [-0.2, 0) is 0 Å². The van der Waals surface area contributed by atoms with Crippen molar-refractivity contribution in [2.75, 3.05) is 13.1 Å². The molecule has 22 heavy (non-hydrogen) atoms. The van der Waals surface area contributed by atoms with Gasteiger partial charge >= 0.3 is 0 Å². The fraction of sp³-hybridized carbons (Fsp3) is 0.263. The molecule has 0 saturated carbocycles. The van der Waals surface area contributed by atoms with Crippen LogP contribution >= 0.6 is 0 Å². The van der Waals surface area contributed by atoms with Gasteiger partial charge in [-0.25, -0.2) is 4.39 Å². The lowest BCUT2D eigenvalue weighted by molar-refractivity contribution is 0.247. The van der Waals surface area contributed by atoms with Crippen LogP contribution in [0.2, 0.25) is 0 Å². The van der Waals surface area contributed by atoms with E-state index >= 15 is 0 Å². The lowest BCUT2D eigenvalue weighted by atomic mass is 9.96. The number of hydrogen-bond donors (Lipinski definition) is 1. The first-order valence-electron chi connectivity index (χ1n) is 7.80. The summed E-state index contributed by atoms with van der Waals surface area (Å²) in [6.07, 6.45) is 2.01. The second kappa shape index (κ2) is 6.32. The van der Waals surface area contributed by atoms with E-state index in [4.69, 9.17) is 0 Å². The summed E-state index contributed by atoms with van der Waals surface area (Å²) in [6, 6.07) is 15.2. The van der Waals surface area contributed by atoms with Gasteiger partial charge in [0.25, 0.3) is 0 Å². The molecule has 0 saturated heterocycles. The van der Waals surface area contributed by atoms with Gasteiger partial charge in [-0.05, 0) is 30.8 Å².